The normalized spacial score (nSPS) is 12.0. The van der Waals surface area contributed by atoms with Gasteiger partial charge in [-0.05, 0) is 6.92 Å². The first-order valence-corrected chi connectivity index (χ1v) is 5.53. The fourth-order valence-corrected chi connectivity index (χ4v) is 1.51. The molecular formula is C11H17F3N4. The third kappa shape index (κ3) is 3.48. The number of alkyl halides is 3. The van der Waals surface area contributed by atoms with E-state index < -0.39 is 12.7 Å². The number of halogens is 3. The second kappa shape index (κ2) is 4.99. The summed E-state index contributed by atoms with van der Waals surface area (Å²) in [6.07, 6.45) is -4.28. The van der Waals surface area contributed by atoms with Crippen LogP contribution in [0.5, 0.6) is 0 Å². The van der Waals surface area contributed by atoms with Gasteiger partial charge in [0.25, 0.3) is 0 Å². The van der Waals surface area contributed by atoms with Crippen molar-refractivity contribution in [3.8, 4) is 0 Å². The van der Waals surface area contributed by atoms with Crippen LogP contribution in [0, 0.1) is 6.92 Å². The average molecular weight is 262 g/mol. The Labute approximate surface area is 104 Å². The molecule has 1 heterocycles. The molecule has 0 radical (unpaired) electrons. The first-order chi connectivity index (χ1) is 8.11. The smallest absolute Gasteiger partial charge is 0.383 e. The van der Waals surface area contributed by atoms with Crippen LogP contribution in [0.4, 0.5) is 24.8 Å². The first-order valence-electron chi connectivity index (χ1n) is 5.53. The van der Waals surface area contributed by atoms with Crippen LogP contribution in [-0.4, -0.2) is 29.7 Å². The number of hydrogen-bond acceptors (Lipinski definition) is 4. The minimum absolute atomic E-state index is 0.00550. The van der Waals surface area contributed by atoms with Crippen molar-refractivity contribution >= 4 is 11.6 Å². The summed E-state index contributed by atoms with van der Waals surface area (Å²) in [7, 11) is 1.34. The summed E-state index contributed by atoms with van der Waals surface area (Å²) >= 11 is 0. The van der Waals surface area contributed by atoms with E-state index in [0.29, 0.717) is 11.4 Å². The highest BCUT2D eigenvalue weighted by molar-refractivity contribution is 5.56. The van der Waals surface area contributed by atoms with Crippen molar-refractivity contribution in [2.75, 3.05) is 24.2 Å². The summed E-state index contributed by atoms with van der Waals surface area (Å²) in [6, 6.07) is 0. The zero-order valence-electron chi connectivity index (χ0n) is 10.8. The van der Waals surface area contributed by atoms with Crippen molar-refractivity contribution in [1.29, 1.82) is 0 Å². The second-order valence-corrected chi connectivity index (χ2v) is 4.54. The molecule has 0 bridgehead atoms. The van der Waals surface area contributed by atoms with E-state index in [1.807, 2.05) is 13.8 Å². The maximum Gasteiger partial charge on any atom is 0.405 e. The van der Waals surface area contributed by atoms with Crippen LogP contribution in [0.25, 0.3) is 0 Å². The quantitative estimate of drug-likeness (QED) is 0.909. The summed E-state index contributed by atoms with van der Waals surface area (Å²) < 4.78 is 37.1. The van der Waals surface area contributed by atoms with Crippen LogP contribution < -0.4 is 10.6 Å². The van der Waals surface area contributed by atoms with Crippen LogP contribution in [-0.2, 0) is 0 Å². The molecule has 0 unspecified atom stereocenters. The maximum absolute atomic E-state index is 12.4. The molecule has 4 nitrogen and oxygen atoms in total. The SMILES string of the molecule is Cc1c(N)nc(C(C)C)nc1N(C)CC(F)(F)F. The highest BCUT2D eigenvalue weighted by Crippen LogP contribution is 2.26. The Bertz CT molecular complexity index is 429. The molecule has 0 saturated carbocycles. The molecule has 1 rings (SSSR count). The topological polar surface area (TPSA) is 55.0 Å². The molecule has 0 fully saturated rings. The molecule has 1 aromatic rings. The van der Waals surface area contributed by atoms with Gasteiger partial charge in [0, 0.05) is 18.5 Å². The van der Waals surface area contributed by atoms with Gasteiger partial charge < -0.3 is 10.6 Å². The van der Waals surface area contributed by atoms with Gasteiger partial charge in [-0.3, -0.25) is 0 Å². The molecule has 102 valence electrons. The van der Waals surface area contributed by atoms with E-state index in [9.17, 15) is 13.2 Å². The van der Waals surface area contributed by atoms with Crippen molar-refractivity contribution in [2.45, 2.75) is 32.9 Å². The molecule has 0 spiro atoms. The third-order valence-electron chi connectivity index (χ3n) is 2.47. The van der Waals surface area contributed by atoms with Gasteiger partial charge in [0.1, 0.15) is 24.0 Å². The Morgan fingerprint density at radius 2 is 1.83 bits per heavy atom. The molecule has 7 heteroatoms. The van der Waals surface area contributed by atoms with Crippen molar-refractivity contribution in [1.82, 2.24) is 9.97 Å². The van der Waals surface area contributed by atoms with Crippen LogP contribution in [0.1, 0.15) is 31.2 Å². The van der Waals surface area contributed by atoms with Gasteiger partial charge >= 0.3 is 6.18 Å². The summed E-state index contributed by atoms with van der Waals surface area (Å²) in [5.74, 6) is 0.898. The van der Waals surface area contributed by atoms with E-state index in [4.69, 9.17) is 5.73 Å². The zero-order chi connectivity index (χ0) is 14.1. The standard InChI is InChI=1S/C11H17F3N4/c1-6(2)9-16-8(15)7(3)10(17-9)18(4)5-11(12,13)14/h6H,5H2,1-4H3,(H2,15,16,17). The van der Waals surface area contributed by atoms with Crippen LogP contribution in [0.3, 0.4) is 0 Å². The molecule has 0 aromatic carbocycles. The average Bonchev–Trinajstić information content (AvgIpc) is 2.18. The van der Waals surface area contributed by atoms with Gasteiger partial charge in [-0.25, -0.2) is 9.97 Å². The number of nitrogens with zero attached hydrogens (tertiary/aromatic N) is 3. The summed E-state index contributed by atoms with van der Waals surface area (Å²) in [6.45, 7) is 4.26. The Morgan fingerprint density at radius 1 is 1.28 bits per heavy atom. The monoisotopic (exact) mass is 262 g/mol. The van der Waals surface area contributed by atoms with Gasteiger partial charge in [0.05, 0.1) is 0 Å². The van der Waals surface area contributed by atoms with Crippen LogP contribution in [0.15, 0.2) is 0 Å². The predicted octanol–water partition coefficient (Wildman–Crippen LogP) is 2.49. The molecule has 2 N–H and O–H groups in total. The predicted molar refractivity (Wildman–Crippen MR) is 64.6 cm³/mol. The zero-order valence-corrected chi connectivity index (χ0v) is 10.8. The molecule has 0 aliphatic carbocycles. The van der Waals surface area contributed by atoms with Gasteiger partial charge in [0.2, 0.25) is 0 Å². The van der Waals surface area contributed by atoms with E-state index in [1.165, 1.54) is 7.05 Å². The Hall–Kier alpha value is -1.53. The molecule has 18 heavy (non-hydrogen) atoms. The molecular weight excluding hydrogens is 245 g/mol. The van der Waals surface area contributed by atoms with E-state index in [-0.39, 0.29) is 17.6 Å². The minimum atomic E-state index is -4.28. The molecule has 0 aliphatic rings. The van der Waals surface area contributed by atoms with E-state index in [0.717, 1.165) is 4.90 Å². The second-order valence-electron chi connectivity index (χ2n) is 4.54. The number of anilines is 2. The lowest BCUT2D eigenvalue weighted by atomic mass is 10.2. The number of nitrogens with two attached hydrogens (primary N) is 1. The molecule has 0 amide bonds. The number of aromatic nitrogens is 2. The first kappa shape index (κ1) is 14.5. The van der Waals surface area contributed by atoms with Gasteiger partial charge in [0.15, 0.2) is 0 Å². The molecule has 1 aromatic heterocycles. The summed E-state index contributed by atoms with van der Waals surface area (Å²) in [5, 5.41) is 0. The van der Waals surface area contributed by atoms with Gasteiger partial charge in [-0.1, -0.05) is 13.8 Å². The third-order valence-corrected chi connectivity index (χ3v) is 2.47. The number of hydrogen-bond donors (Lipinski definition) is 1. The maximum atomic E-state index is 12.4. The molecule has 0 atom stereocenters. The van der Waals surface area contributed by atoms with Crippen molar-refractivity contribution in [3.63, 3.8) is 0 Å². The Morgan fingerprint density at radius 3 is 2.28 bits per heavy atom. The molecule has 0 saturated heterocycles. The van der Waals surface area contributed by atoms with Crippen molar-refractivity contribution < 1.29 is 13.2 Å². The molecule has 0 aliphatic heterocycles. The van der Waals surface area contributed by atoms with Gasteiger partial charge in [-0.2, -0.15) is 13.2 Å². The van der Waals surface area contributed by atoms with E-state index in [2.05, 4.69) is 9.97 Å². The van der Waals surface area contributed by atoms with Crippen LogP contribution in [0.2, 0.25) is 0 Å². The lowest BCUT2D eigenvalue weighted by Crippen LogP contribution is -2.32. The van der Waals surface area contributed by atoms with E-state index in [1.54, 1.807) is 6.92 Å². The van der Waals surface area contributed by atoms with E-state index >= 15 is 0 Å². The van der Waals surface area contributed by atoms with Crippen LogP contribution >= 0.6 is 0 Å². The summed E-state index contributed by atoms with van der Waals surface area (Å²) in [4.78, 5) is 9.26. The Balaban J connectivity index is 3.14. The fraction of sp³-hybridized carbons (Fsp3) is 0.636. The largest absolute Gasteiger partial charge is 0.405 e. The Kier molecular flexibility index (Phi) is 4.03. The number of nitrogen functional groups attached to an aromatic ring is 1. The lowest BCUT2D eigenvalue weighted by Gasteiger charge is -2.23. The lowest BCUT2D eigenvalue weighted by molar-refractivity contribution is -0.119. The highest BCUT2D eigenvalue weighted by atomic mass is 19.4. The van der Waals surface area contributed by atoms with Crippen molar-refractivity contribution in [3.05, 3.63) is 11.4 Å². The number of rotatable bonds is 3. The minimum Gasteiger partial charge on any atom is -0.383 e. The van der Waals surface area contributed by atoms with Crippen molar-refractivity contribution in [2.24, 2.45) is 0 Å². The highest BCUT2D eigenvalue weighted by Gasteiger charge is 2.30. The van der Waals surface area contributed by atoms with Gasteiger partial charge in [-0.15, -0.1) is 0 Å². The summed E-state index contributed by atoms with van der Waals surface area (Å²) in [5.41, 5.74) is 6.17. The fourth-order valence-electron chi connectivity index (χ4n) is 1.51.